The van der Waals surface area contributed by atoms with Crippen LogP contribution < -0.4 is 5.56 Å². The molecule has 0 fully saturated rings. The standard InChI is InChI=1S/C17H15N3O2S/c1-23-15(18)14-16(21)19(12-8-4-2-5-9-12)20(17(14)22)13-10-6-3-7-11-13/h2-11,18,21H,1H3. The summed E-state index contributed by atoms with van der Waals surface area (Å²) in [7, 11) is 0. The predicted octanol–water partition coefficient (Wildman–Crippen LogP) is 3.02. The molecule has 0 unspecified atom stereocenters. The molecule has 0 spiro atoms. The van der Waals surface area contributed by atoms with Crippen molar-refractivity contribution in [2.75, 3.05) is 6.26 Å². The SMILES string of the molecule is CSC(=N)c1c(O)n(-c2ccccc2)n(-c2ccccc2)c1=O. The van der Waals surface area contributed by atoms with Crippen molar-refractivity contribution in [2.24, 2.45) is 0 Å². The molecule has 0 aliphatic rings. The molecule has 0 saturated heterocycles. The van der Waals surface area contributed by atoms with Gasteiger partial charge < -0.3 is 5.11 Å². The Bertz CT molecular complexity index is 899. The largest absolute Gasteiger partial charge is 0.493 e. The van der Waals surface area contributed by atoms with E-state index in [0.717, 1.165) is 11.8 Å². The highest BCUT2D eigenvalue weighted by Crippen LogP contribution is 2.25. The first-order valence-electron chi connectivity index (χ1n) is 6.96. The average Bonchev–Trinajstić information content (AvgIpc) is 2.86. The summed E-state index contributed by atoms with van der Waals surface area (Å²) in [5.74, 6) is -0.232. The van der Waals surface area contributed by atoms with Crippen LogP contribution in [-0.2, 0) is 0 Å². The van der Waals surface area contributed by atoms with Crippen molar-refractivity contribution >= 4 is 16.8 Å². The van der Waals surface area contributed by atoms with E-state index in [-0.39, 0.29) is 16.5 Å². The summed E-state index contributed by atoms with van der Waals surface area (Å²) >= 11 is 1.12. The molecule has 3 rings (SSSR count). The van der Waals surface area contributed by atoms with Gasteiger partial charge in [-0.3, -0.25) is 10.2 Å². The van der Waals surface area contributed by atoms with Crippen LogP contribution in [0.3, 0.4) is 0 Å². The van der Waals surface area contributed by atoms with Crippen LogP contribution in [0.25, 0.3) is 11.4 Å². The molecule has 0 radical (unpaired) electrons. The normalized spacial score (nSPS) is 10.7. The Kier molecular flexibility index (Phi) is 4.08. The maximum Gasteiger partial charge on any atom is 0.285 e. The van der Waals surface area contributed by atoms with Crippen molar-refractivity contribution in [1.29, 1.82) is 5.41 Å². The number of aromatic nitrogens is 2. The number of benzene rings is 2. The van der Waals surface area contributed by atoms with Crippen LogP contribution in [0.2, 0.25) is 0 Å². The Labute approximate surface area is 137 Å². The highest BCUT2D eigenvalue weighted by molar-refractivity contribution is 8.13. The van der Waals surface area contributed by atoms with E-state index in [2.05, 4.69) is 0 Å². The van der Waals surface area contributed by atoms with E-state index in [9.17, 15) is 9.90 Å². The van der Waals surface area contributed by atoms with Gasteiger partial charge in [0.2, 0.25) is 5.88 Å². The molecule has 6 heteroatoms. The van der Waals surface area contributed by atoms with Gasteiger partial charge in [-0.15, -0.1) is 11.8 Å². The Morgan fingerprint density at radius 3 is 1.91 bits per heavy atom. The van der Waals surface area contributed by atoms with Crippen molar-refractivity contribution < 1.29 is 5.11 Å². The Morgan fingerprint density at radius 2 is 1.43 bits per heavy atom. The Hall–Kier alpha value is -2.73. The molecule has 0 aliphatic carbocycles. The number of thioether (sulfide) groups is 1. The van der Waals surface area contributed by atoms with Crippen molar-refractivity contribution in [1.82, 2.24) is 9.36 Å². The molecule has 1 heterocycles. The number of aromatic hydroxyl groups is 1. The second-order valence-corrected chi connectivity index (χ2v) is 5.65. The fourth-order valence-electron chi connectivity index (χ4n) is 2.40. The van der Waals surface area contributed by atoms with Crippen molar-refractivity contribution in [2.45, 2.75) is 0 Å². The summed E-state index contributed by atoms with van der Waals surface area (Å²) < 4.78 is 2.81. The zero-order chi connectivity index (χ0) is 16.4. The zero-order valence-electron chi connectivity index (χ0n) is 12.4. The Morgan fingerprint density at radius 1 is 0.957 bits per heavy atom. The third kappa shape index (κ3) is 2.57. The lowest BCUT2D eigenvalue weighted by Crippen LogP contribution is -2.22. The first kappa shape index (κ1) is 15.2. The third-order valence-corrected chi connectivity index (χ3v) is 4.08. The Balaban J connectivity index is 2.38. The number of hydrogen-bond acceptors (Lipinski definition) is 4. The van der Waals surface area contributed by atoms with Gasteiger partial charge in [-0.1, -0.05) is 36.4 Å². The second kappa shape index (κ2) is 6.18. The molecule has 116 valence electrons. The predicted molar refractivity (Wildman–Crippen MR) is 93.4 cm³/mol. The van der Waals surface area contributed by atoms with Gasteiger partial charge in [-0.05, 0) is 30.5 Å². The highest BCUT2D eigenvalue weighted by atomic mass is 32.2. The van der Waals surface area contributed by atoms with Gasteiger partial charge in [-0.25, -0.2) is 9.36 Å². The first-order chi connectivity index (χ1) is 11.1. The van der Waals surface area contributed by atoms with Crippen LogP contribution in [0, 0.1) is 5.41 Å². The summed E-state index contributed by atoms with van der Waals surface area (Å²) in [6, 6.07) is 18.2. The van der Waals surface area contributed by atoms with Crippen molar-refractivity contribution in [3.05, 3.63) is 76.6 Å². The minimum Gasteiger partial charge on any atom is -0.493 e. The molecule has 1 aromatic heterocycles. The molecule has 3 aromatic rings. The maximum atomic E-state index is 12.8. The van der Waals surface area contributed by atoms with E-state index in [1.807, 2.05) is 36.4 Å². The number of para-hydroxylation sites is 2. The molecule has 0 saturated carbocycles. The minimum absolute atomic E-state index is 0.00482. The van der Waals surface area contributed by atoms with E-state index in [4.69, 9.17) is 5.41 Å². The number of rotatable bonds is 3. The lowest BCUT2D eigenvalue weighted by Gasteiger charge is -2.12. The monoisotopic (exact) mass is 325 g/mol. The summed E-state index contributed by atoms with van der Waals surface area (Å²) in [4.78, 5) is 12.8. The van der Waals surface area contributed by atoms with Crippen molar-refractivity contribution in [3.8, 4) is 17.3 Å². The molecule has 23 heavy (non-hydrogen) atoms. The van der Waals surface area contributed by atoms with Gasteiger partial charge >= 0.3 is 0 Å². The van der Waals surface area contributed by atoms with Gasteiger partial charge in [0, 0.05) is 0 Å². The van der Waals surface area contributed by atoms with E-state index in [1.54, 1.807) is 30.5 Å². The minimum atomic E-state index is -0.420. The molecule has 0 amide bonds. The van der Waals surface area contributed by atoms with Gasteiger partial charge in [-0.2, -0.15) is 0 Å². The lowest BCUT2D eigenvalue weighted by atomic mass is 10.3. The van der Waals surface area contributed by atoms with E-state index in [0.29, 0.717) is 11.4 Å². The molecule has 5 nitrogen and oxygen atoms in total. The first-order valence-corrected chi connectivity index (χ1v) is 8.18. The molecular formula is C17H15N3O2S. The molecule has 2 N–H and O–H groups in total. The second-order valence-electron chi connectivity index (χ2n) is 4.83. The van der Waals surface area contributed by atoms with Gasteiger partial charge in [0.25, 0.3) is 5.56 Å². The van der Waals surface area contributed by atoms with Crippen LogP contribution in [0.1, 0.15) is 5.56 Å². The van der Waals surface area contributed by atoms with Crippen LogP contribution in [0.15, 0.2) is 65.5 Å². The zero-order valence-corrected chi connectivity index (χ0v) is 13.2. The smallest absolute Gasteiger partial charge is 0.285 e. The summed E-state index contributed by atoms with van der Waals surface area (Å²) in [5, 5.41) is 18.6. The fourth-order valence-corrected chi connectivity index (χ4v) is 2.79. The topological polar surface area (TPSA) is 71.0 Å². The maximum absolute atomic E-state index is 12.8. The number of nitrogens with one attached hydrogen (secondary N) is 1. The van der Waals surface area contributed by atoms with Crippen LogP contribution >= 0.6 is 11.8 Å². The fraction of sp³-hybridized carbons (Fsp3) is 0.0588. The van der Waals surface area contributed by atoms with Gasteiger partial charge in [0.15, 0.2) is 0 Å². The molecule has 2 aromatic carbocycles. The molecule has 0 atom stereocenters. The molecular weight excluding hydrogens is 310 g/mol. The lowest BCUT2D eigenvalue weighted by molar-refractivity contribution is 0.424. The van der Waals surface area contributed by atoms with Crippen molar-refractivity contribution in [3.63, 3.8) is 0 Å². The van der Waals surface area contributed by atoms with E-state index in [1.165, 1.54) is 9.36 Å². The highest BCUT2D eigenvalue weighted by Gasteiger charge is 2.24. The van der Waals surface area contributed by atoms with Crippen LogP contribution in [0.4, 0.5) is 0 Å². The number of nitrogens with zero attached hydrogens (tertiary/aromatic N) is 2. The van der Waals surface area contributed by atoms with Crippen LogP contribution in [0.5, 0.6) is 5.88 Å². The summed E-state index contributed by atoms with van der Waals surface area (Å²) in [6.07, 6.45) is 1.70. The summed E-state index contributed by atoms with van der Waals surface area (Å²) in [6.45, 7) is 0. The van der Waals surface area contributed by atoms with Gasteiger partial charge in [0.05, 0.1) is 11.4 Å². The van der Waals surface area contributed by atoms with E-state index < -0.39 is 5.56 Å². The molecule has 0 aliphatic heterocycles. The van der Waals surface area contributed by atoms with Crippen LogP contribution in [-0.4, -0.2) is 25.8 Å². The average molecular weight is 325 g/mol. The summed E-state index contributed by atoms with van der Waals surface area (Å²) in [5.41, 5.74) is 0.852. The number of hydrogen-bond donors (Lipinski definition) is 2. The van der Waals surface area contributed by atoms with E-state index >= 15 is 0 Å². The van der Waals surface area contributed by atoms with Gasteiger partial charge in [0.1, 0.15) is 10.6 Å². The quantitative estimate of drug-likeness (QED) is 0.574. The third-order valence-electron chi connectivity index (χ3n) is 3.46. The molecule has 0 bridgehead atoms.